The number of hydrogen-bond acceptors (Lipinski definition) is 7. The summed E-state index contributed by atoms with van der Waals surface area (Å²) in [6.45, 7) is 1.60. The Kier molecular flexibility index (Phi) is 7.05. The van der Waals surface area contributed by atoms with Gasteiger partial charge in [-0.05, 0) is 80.3 Å². The maximum atomic E-state index is 14.9. The molecule has 3 heterocycles. The molecule has 2 N–H and O–H groups in total. The largest absolute Gasteiger partial charge is 0.586 e. The van der Waals surface area contributed by atoms with Crippen molar-refractivity contribution < 1.29 is 50.5 Å². The van der Waals surface area contributed by atoms with Crippen LogP contribution in [-0.4, -0.2) is 32.1 Å². The highest BCUT2D eigenvalue weighted by Gasteiger charge is 2.44. The van der Waals surface area contributed by atoms with E-state index in [9.17, 15) is 31.1 Å². The van der Waals surface area contributed by atoms with Gasteiger partial charge in [0.1, 0.15) is 11.9 Å². The number of halogens is 6. The summed E-state index contributed by atoms with van der Waals surface area (Å²) >= 11 is 0. The summed E-state index contributed by atoms with van der Waals surface area (Å²) in [4.78, 5) is 15.4. The van der Waals surface area contributed by atoms with Crippen LogP contribution in [0.1, 0.15) is 64.8 Å². The normalized spacial score (nSPS) is 17.6. The van der Waals surface area contributed by atoms with Gasteiger partial charge in [0.05, 0.1) is 17.3 Å². The van der Waals surface area contributed by atoms with E-state index in [0.29, 0.717) is 18.4 Å². The first-order valence-corrected chi connectivity index (χ1v) is 13.3. The number of ether oxygens (including phenoxy) is 3. The fourth-order valence-electron chi connectivity index (χ4n) is 5.17. The van der Waals surface area contributed by atoms with Crippen LogP contribution in [0.3, 0.4) is 0 Å². The van der Waals surface area contributed by atoms with Crippen molar-refractivity contribution in [2.24, 2.45) is 0 Å². The van der Waals surface area contributed by atoms with Crippen LogP contribution in [-0.2, 0) is 12.6 Å². The molecular weight excluding hydrogens is 598 g/mol. The number of anilines is 1. The number of carboxylic acids is 1. The molecule has 15 heteroatoms. The Labute approximate surface area is 245 Å². The fraction of sp³-hybridized carbons (Fsp3) is 0.276. The third-order valence-corrected chi connectivity index (χ3v) is 7.20. The van der Waals surface area contributed by atoms with E-state index in [0.717, 1.165) is 10.7 Å². The first-order valence-electron chi connectivity index (χ1n) is 13.3. The Bertz CT molecular complexity index is 1740. The molecule has 0 amide bonds. The number of aromatic carboxylic acids is 1. The maximum Gasteiger partial charge on any atom is 0.586 e. The highest BCUT2D eigenvalue weighted by atomic mass is 19.4. The van der Waals surface area contributed by atoms with Crippen LogP contribution >= 0.6 is 0 Å². The van der Waals surface area contributed by atoms with Gasteiger partial charge in [0.15, 0.2) is 34.6 Å². The van der Waals surface area contributed by atoms with Gasteiger partial charge in [-0.15, -0.1) is 8.78 Å². The van der Waals surface area contributed by atoms with Crippen LogP contribution < -0.4 is 19.5 Å². The van der Waals surface area contributed by atoms with Crippen LogP contribution in [0.25, 0.3) is 5.82 Å². The topological polar surface area (TPSA) is 108 Å². The Balaban J connectivity index is 1.34. The lowest BCUT2D eigenvalue weighted by Gasteiger charge is -2.25. The third-order valence-electron chi connectivity index (χ3n) is 7.20. The average Bonchev–Trinajstić information content (AvgIpc) is 3.51. The van der Waals surface area contributed by atoms with Crippen molar-refractivity contribution in [3.63, 3.8) is 0 Å². The predicted octanol–water partition coefficient (Wildman–Crippen LogP) is 7.07. The Morgan fingerprint density at radius 3 is 2.55 bits per heavy atom. The third kappa shape index (κ3) is 5.56. The quantitative estimate of drug-likeness (QED) is 0.211. The standard InChI is InChI=1S/C29H22F6N4O5/c1-14(16-7-11-20-22(13-16)44-29(34,35)43-20)36-26-19(30)10-12-23(37-26)39-24-18(25(38-39)28(31,32)33)3-2-4-21(24)42-17-8-5-15(6-9-17)27(40)41/h5-14,21H,2-4H2,1H3,(H,36,37)(H,40,41)/t14-,21-/m0/s1. The van der Waals surface area contributed by atoms with Crippen molar-refractivity contribution in [2.45, 2.75) is 50.8 Å². The summed E-state index contributed by atoms with van der Waals surface area (Å²) < 4.78 is 99.9. The van der Waals surface area contributed by atoms with Crippen LogP contribution in [0.15, 0.2) is 54.6 Å². The maximum absolute atomic E-state index is 14.9. The van der Waals surface area contributed by atoms with Crippen LogP contribution in [0, 0.1) is 5.82 Å². The Morgan fingerprint density at radius 1 is 1.11 bits per heavy atom. The number of rotatable bonds is 7. The molecule has 9 nitrogen and oxygen atoms in total. The zero-order valence-corrected chi connectivity index (χ0v) is 22.7. The molecule has 2 aliphatic rings. The number of aromatic nitrogens is 3. The summed E-state index contributed by atoms with van der Waals surface area (Å²) in [6.07, 6.45) is -8.78. The van der Waals surface area contributed by atoms with E-state index in [1.165, 1.54) is 48.5 Å². The molecule has 2 aromatic carbocycles. The Morgan fingerprint density at radius 2 is 1.84 bits per heavy atom. The molecule has 1 aliphatic heterocycles. The molecule has 0 unspecified atom stereocenters. The molecule has 6 rings (SSSR count). The van der Waals surface area contributed by atoms with Gasteiger partial charge in [0, 0.05) is 5.56 Å². The number of hydrogen-bond donors (Lipinski definition) is 2. The van der Waals surface area contributed by atoms with Gasteiger partial charge in [-0.2, -0.15) is 18.3 Å². The smallest absolute Gasteiger partial charge is 0.484 e. The van der Waals surface area contributed by atoms with Gasteiger partial charge in [0.2, 0.25) is 0 Å². The van der Waals surface area contributed by atoms with Gasteiger partial charge in [-0.1, -0.05) is 6.07 Å². The van der Waals surface area contributed by atoms with Crippen LogP contribution in [0.5, 0.6) is 17.2 Å². The van der Waals surface area contributed by atoms with E-state index in [1.807, 2.05) is 0 Å². The van der Waals surface area contributed by atoms with E-state index in [2.05, 4.69) is 24.9 Å². The van der Waals surface area contributed by atoms with Crippen LogP contribution in [0.4, 0.5) is 32.2 Å². The lowest BCUT2D eigenvalue weighted by Crippen LogP contribution is -2.25. The minimum Gasteiger partial charge on any atom is -0.484 e. The summed E-state index contributed by atoms with van der Waals surface area (Å²) in [5.74, 6) is -2.57. The number of nitrogens with zero attached hydrogens (tertiary/aromatic N) is 3. The molecule has 0 bridgehead atoms. The van der Waals surface area contributed by atoms with Crippen molar-refractivity contribution >= 4 is 11.8 Å². The van der Waals surface area contributed by atoms with Gasteiger partial charge in [-0.3, -0.25) is 0 Å². The van der Waals surface area contributed by atoms with E-state index < -0.39 is 42.1 Å². The molecule has 1 aliphatic carbocycles. The van der Waals surface area contributed by atoms with E-state index in [4.69, 9.17) is 9.84 Å². The lowest BCUT2D eigenvalue weighted by atomic mass is 9.93. The molecule has 0 saturated carbocycles. The number of alkyl halides is 5. The molecule has 0 spiro atoms. The average molecular weight is 621 g/mol. The fourth-order valence-corrected chi connectivity index (χ4v) is 5.17. The molecule has 0 saturated heterocycles. The molecular formula is C29H22F6N4O5. The van der Waals surface area contributed by atoms with Gasteiger partial charge in [-0.25, -0.2) is 18.9 Å². The van der Waals surface area contributed by atoms with Crippen molar-refractivity contribution in [2.75, 3.05) is 5.32 Å². The predicted molar refractivity (Wildman–Crippen MR) is 141 cm³/mol. The van der Waals surface area contributed by atoms with Crippen molar-refractivity contribution in [3.8, 4) is 23.1 Å². The van der Waals surface area contributed by atoms with Gasteiger partial charge >= 0.3 is 18.4 Å². The summed E-state index contributed by atoms with van der Waals surface area (Å²) in [6, 6.07) is 10.9. The highest BCUT2D eigenvalue weighted by Crippen LogP contribution is 2.43. The molecule has 4 aromatic rings. The first kappa shape index (κ1) is 29.1. The van der Waals surface area contributed by atoms with Crippen molar-refractivity contribution in [1.29, 1.82) is 0 Å². The van der Waals surface area contributed by atoms with Crippen molar-refractivity contribution in [1.82, 2.24) is 14.8 Å². The second-order valence-corrected chi connectivity index (χ2v) is 10.2. The lowest BCUT2D eigenvalue weighted by molar-refractivity contribution is -0.286. The first-order chi connectivity index (χ1) is 20.8. The molecule has 2 aromatic heterocycles. The molecule has 44 heavy (non-hydrogen) atoms. The van der Waals surface area contributed by atoms with E-state index in [1.54, 1.807) is 6.92 Å². The summed E-state index contributed by atoms with van der Waals surface area (Å²) in [5, 5.41) is 15.8. The second-order valence-electron chi connectivity index (χ2n) is 10.2. The molecule has 0 radical (unpaired) electrons. The number of pyridine rings is 1. The summed E-state index contributed by atoms with van der Waals surface area (Å²) in [7, 11) is 0. The number of carbonyl (C=O) groups is 1. The molecule has 0 fully saturated rings. The van der Waals surface area contributed by atoms with E-state index >= 15 is 0 Å². The number of benzene rings is 2. The van der Waals surface area contributed by atoms with Crippen LogP contribution in [0.2, 0.25) is 0 Å². The number of carboxylic acid groups (broad SMARTS) is 1. The SMILES string of the molecule is C[C@H](Nc1nc(-n2nc(C(F)(F)F)c3c2[C@@H](Oc2ccc(C(=O)O)cc2)CCC3)ccc1F)c1ccc2c(c1)OC(F)(F)O2. The zero-order valence-electron chi connectivity index (χ0n) is 22.7. The molecule has 2 atom stereocenters. The second kappa shape index (κ2) is 10.6. The molecule has 230 valence electrons. The monoisotopic (exact) mass is 620 g/mol. The summed E-state index contributed by atoms with van der Waals surface area (Å²) in [5.41, 5.74) is -0.694. The minimum atomic E-state index is -4.80. The number of nitrogens with one attached hydrogen (secondary N) is 1. The van der Waals surface area contributed by atoms with Gasteiger partial charge < -0.3 is 24.6 Å². The van der Waals surface area contributed by atoms with Crippen molar-refractivity contribution in [3.05, 3.63) is 88.5 Å². The van der Waals surface area contributed by atoms with E-state index in [-0.39, 0.29) is 52.1 Å². The highest BCUT2D eigenvalue weighted by molar-refractivity contribution is 5.87. The van der Waals surface area contributed by atoms with Gasteiger partial charge in [0.25, 0.3) is 0 Å². The minimum absolute atomic E-state index is 0.00883. The number of fused-ring (bicyclic) bond motifs is 2. The Hall–Kier alpha value is -4.95. The zero-order chi connectivity index (χ0) is 31.4.